The molecule has 105 heavy (non-hydrogen) atoms. The van der Waals surface area contributed by atoms with Crippen molar-refractivity contribution < 1.29 is 53.4 Å². The molecule has 0 spiro atoms. The minimum absolute atomic E-state index is 0.0166. The molecular weight excluding hydrogens is 1340 g/mol. The number of ether oxygens (including phenoxy) is 5. The molecule has 0 unspecified atom stereocenters. The predicted molar refractivity (Wildman–Crippen MR) is 395 cm³/mol. The number of nitrogens with one attached hydrogen (secondary N) is 3. The molecule has 1 amide bonds. The van der Waals surface area contributed by atoms with E-state index in [1.54, 1.807) is 60.6 Å². The first-order chi connectivity index (χ1) is 50.8. The van der Waals surface area contributed by atoms with Crippen molar-refractivity contribution in [3.8, 4) is 33.4 Å². The number of hydrogen-bond donors (Lipinski definition) is 6. The Kier molecular flexibility index (Phi) is 25.8. The highest BCUT2D eigenvalue weighted by molar-refractivity contribution is 5.84. The molecule has 9 aromatic heterocycles. The van der Waals surface area contributed by atoms with Gasteiger partial charge in [0.25, 0.3) is 0 Å². The second kappa shape index (κ2) is 35.6. The first-order valence-corrected chi connectivity index (χ1v) is 37.3. The number of anilines is 3. The van der Waals surface area contributed by atoms with E-state index in [2.05, 4.69) is 64.4 Å². The standard InChI is InChI=1S/2C26H36N6O4.C23H33N7O3/c2*1-17(15-35-2)29-26-27-12-25-23(10-24(32(25)30-26)19-3-5-21(33)6-4-19)20-11-28-31(13-20)14-22(34)9-18-7-8-36-16-18;1-15(14-33-4)26-23-24-11-21-19(17-10-25-29(12-17)13-22(32)28(2)3)9-20(30(21)27-23)16-5-7-18(31)8-6-16/h2*10-13,17-19,21,33H,3-9,14-16H2,1-2H3,(H,29,30);9-12,15-16,18,31H,5-8,13-14H2,1-4H3,(H,26,27)/t17-,18+,19?,21?;17-,18-,19?,21?;15-,16?,18?/m000/s1. The van der Waals surface area contributed by atoms with Gasteiger partial charge in [0, 0.05) is 180 Å². The van der Waals surface area contributed by atoms with Gasteiger partial charge in [-0.15, -0.1) is 15.3 Å². The number of fused-ring (bicyclic) bond motifs is 3. The van der Waals surface area contributed by atoms with Crippen LogP contribution >= 0.6 is 0 Å². The Morgan fingerprint density at radius 2 is 0.790 bits per heavy atom. The highest BCUT2D eigenvalue weighted by Crippen LogP contribution is 2.41. The van der Waals surface area contributed by atoms with Crippen LogP contribution < -0.4 is 16.0 Å². The monoisotopic (exact) mass is 1450 g/mol. The number of Topliss-reactive ketones (excluding diaryl/α,β-unsaturated/α-hetero) is 2. The number of rotatable bonds is 28. The van der Waals surface area contributed by atoms with Gasteiger partial charge in [0.05, 0.1) is 105 Å². The summed E-state index contributed by atoms with van der Waals surface area (Å²) in [6.45, 7) is 11.3. The van der Waals surface area contributed by atoms with Crippen LogP contribution in [0, 0.1) is 11.8 Å². The van der Waals surface area contributed by atoms with Crippen molar-refractivity contribution in [2.24, 2.45) is 11.8 Å². The Labute approximate surface area is 611 Å². The van der Waals surface area contributed by atoms with Gasteiger partial charge in [-0.05, 0) is 141 Å². The lowest BCUT2D eigenvalue weighted by molar-refractivity contribution is -0.129. The SMILES string of the molecule is COC[C@H](C)Nc1ncc2c(-c3cnn(CC(=O)C[C@@H]4CCOC4)c3)cc(C3CCC(O)CC3)n2n1.COC[C@H](C)Nc1ncc2c(-c3cnn(CC(=O)C[C@H]4CCOC4)c3)cc(C3CCC(O)CC3)n2n1.COC[C@H](C)Nc1ncc2c(-c3cnn(CC(=O)N(C)C)c3)cc(C3CCC(O)CC3)n2n1. The Balaban J connectivity index is 0.000000148. The number of aromatic nitrogens is 15. The zero-order chi connectivity index (χ0) is 73.7. The summed E-state index contributed by atoms with van der Waals surface area (Å²) in [7, 11) is 8.48. The van der Waals surface area contributed by atoms with Crippen molar-refractivity contribution >= 4 is 51.9 Å². The van der Waals surface area contributed by atoms with Crippen LogP contribution in [0.1, 0.15) is 158 Å². The molecule has 11 heterocycles. The molecule has 30 nitrogen and oxygen atoms in total. The highest BCUT2D eigenvalue weighted by Gasteiger charge is 2.31. The lowest BCUT2D eigenvalue weighted by Gasteiger charge is -2.25. The second-order valence-corrected chi connectivity index (χ2v) is 29.6. The summed E-state index contributed by atoms with van der Waals surface area (Å²) in [6.07, 6.45) is 29.2. The van der Waals surface area contributed by atoms with Crippen LogP contribution in [0.2, 0.25) is 0 Å². The third-order valence-electron chi connectivity index (χ3n) is 20.7. The minimum atomic E-state index is -0.222. The topological polar surface area (TPSA) is 341 Å². The van der Waals surface area contributed by atoms with E-state index in [0.29, 0.717) is 93.3 Å². The Bertz CT molecular complexity index is 4130. The van der Waals surface area contributed by atoms with Gasteiger partial charge in [-0.2, -0.15) is 15.3 Å². The number of aliphatic hydroxyl groups excluding tert-OH is 3. The lowest BCUT2D eigenvalue weighted by Crippen LogP contribution is -2.26. The lowest BCUT2D eigenvalue weighted by atomic mass is 9.85. The van der Waals surface area contributed by atoms with Gasteiger partial charge in [0.1, 0.15) is 6.54 Å². The average Bonchev–Trinajstić information content (AvgIpc) is 1.63. The number of carbonyl (C=O) groups excluding carboxylic acids is 3. The maximum Gasteiger partial charge on any atom is 0.243 e. The number of hydrogen-bond acceptors (Lipinski definition) is 23. The molecule has 5 atom stereocenters. The second-order valence-electron chi connectivity index (χ2n) is 29.6. The summed E-state index contributed by atoms with van der Waals surface area (Å²) in [5.74, 6) is 3.53. The maximum absolute atomic E-state index is 12.6. The number of methoxy groups -OCH3 is 3. The Hall–Kier alpha value is -8.62. The van der Waals surface area contributed by atoms with Gasteiger partial charge in [0.15, 0.2) is 11.6 Å². The van der Waals surface area contributed by atoms with E-state index >= 15 is 0 Å². The van der Waals surface area contributed by atoms with E-state index < -0.39 is 0 Å². The number of amides is 1. The van der Waals surface area contributed by atoms with Gasteiger partial charge in [0.2, 0.25) is 23.8 Å². The smallest absolute Gasteiger partial charge is 0.243 e. The van der Waals surface area contributed by atoms with E-state index in [-0.39, 0.29) is 73.5 Å². The maximum atomic E-state index is 12.6. The quantitative estimate of drug-likeness (QED) is 0.0269. The molecule has 3 aliphatic carbocycles. The summed E-state index contributed by atoms with van der Waals surface area (Å²) in [6, 6.07) is 6.72. The molecule has 9 aromatic rings. The van der Waals surface area contributed by atoms with Crippen LogP contribution in [0.25, 0.3) is 49.9 Å². The van der Waals surface area contributed by atoms with Gasteiger partial charge < -0.3 is 59.9 Å². The number of nitrogens with zero attached hydrogens (tertiary/aromatic N) is 16. The molecule has 14 rings (SSSR count). The predicted octanol–water partition coefficient (Wildman–Crippen LogP) is 8.25. The third-order valence-corrected chi connectivity index (χ3v) is 20.7. The average molecular weight is 1450 g/mol. The molecule has 0 aromatic carbocycles. The molecule has 566 valence electrons. The molecule has 5 aliphatic rings. The van der Waals surface area contributed by atoms with Crippen LogP contribution in [-0.4, -0.2) is 229 Å². The van der Waals surface area contributed by atoms with Crippen LogP contribution in [0.15, 0.2) is 74.0 Å². The first kappa shape index (κ1) is 76.0. The van der Waals surface area contributed by atoms with E-state index in [9.17, 15) is 29.7 Å². The number of likely N-dealkylation sites (N-methyl/N-ethyl adjacent to an activating group) is 1. The van der Waals surface area contributed by atoms with E-state index in [1.807, 2.05) is 83.9 Å². The zero-order valence-corrected chi connectivity index (χ0v) is 61.9. The van der Waals surface area contributed by atoms with Crippen LogP contribution in [-0.2, 0) is 57.7 Å². The summed E-state index contributed by atoms with van der Waals surface area (Å²) >= 11 is 0. The van der Waals surface area contributed by atoms with Crippen LogP contribution in [0.3, 0.4) is 0 Å². The summed E-state index contributed by atoms with van der Waals surface area (Å²) in [5, 5.41) is 67.8. The number of carbonyl (C=O) groups is 3. The van der Waals surface area contributed by atoms with E-state index in [0.717, 1.165) is 170 Å². The third kappa shape index (κ3) is 19.5. The Morgan fingerprint density at radius 1 is 0.476 bits per heavy atom. The molecule has 5 fully saturated rings. The van der Waals surface area contributed by atoms with Crippen molar-refractivity contribution in [3.05, 3.63) is 91.1 Å². The minimum Gasteiger partial charge on any atom is -0.393 e. The van der Waals surface area contributed by atoms with E-state index in [4.69, 9.17) is 39.0 Å². The van der Waals surface area contributed by atoms with Gasteiger partial charge >= 0.3 is 0 Å². The fourth-order valence-electron chi connectivity index (χ4n) is 15.1. The molecular formula is C75H105N19O11. The molecule has 0 bridgehead atoms. The van der Waals surface area contributed by atoms with Gasteiger partial charge in [-0.25, -0.2) is 28.5 Å². The van der Waals surface area contributed by atoms with Gasteiger partial charge in [-0.3, -0.25) is 28.4 Å². The van der Waals surface area contributed by atoms with Crippen molar-refractivity contribution in [1.82, 2.24) is 78.0 Å². The fraction of sp³-hybridized carbons (Fsp3) is 0.600. The van der Waals surface area contributed by atoms with Crippen molar-refractivity contribution in [2.75, 3.05) is 97.6 Å². The largest absolute Gasteiger partial charge is 0.393 e. The molecule has 2 aliphatic heterocycles. The summed E-state index contributed by atoms with van der Waals surface area (Å²) < 4.78 is 37.5. The normalized spacial score (nSPS) is 22.1. The number of aliphatic hydroxyl groups is 3. The van der Waals surface area contributed by atoms with Crippen molar-refractivity contribution in [3.63, 3.8) is 0 Å². The number of ketones is 2. The van der Waals surface area contributed by atoms with Crippen LogP contribution in [0.4, 0.5) is 17.8 Å². The fourth-order valence-corrected chi connectivity index (χ4v) is 15.1. The first-order valence-electron chi connectivity index (χ1n) is 37.3. The molecule has 0 radical (unpaired) electrons. The highest BCUT2D eigenvalue weighted by atomic mass is 16.5. The molecule has 3 saturated carbocycles. The van der Waals surface area contributed by atoms with Crippen molar-refractivity contribution in [1.29, 1.82) is 0 Å². The van der Waals surface area contributed by atoms with E-state index in [1.165, 1.54) is 0 Å². The Morgan fingerprint density at radius 3 is 1.08 bits per heavy atom. The zero-order valence-electron chi connectivity index (χ0n) is 61.9. The van der Waals surface area contributed by atoms with Crippen LogP contribution in [0.5, 0.6) is 0 Å². The van der Waals surface area contributed by atoms with Gasteiger partial charge in [-0.1, -0.05) is 0 Å². The molecule has 6 N–H and O–H groups in total. The summed E-state index contributed by atoms with van der Waals surface area (Å²) in [4.78, 5) is 52.4. The molecule has 30 heteroatoms. The summed E-state index contributed by atoms with van der Waals surface area (Å²) in [5.41, 5.74) is 11.8. The van der Waals surface area contributed by atoms with Crippen molar-refractivity contribution in [2.45, 2.75) is 197 Å². The molecule has 2 saturated heterocycles.